The molecular formula is C18H20FN7O. The second kappa shape index (κ2) is 6.92. The first-order valence-electron chi connectivity index (χ1n) is 8.76. The van der Waals surface area contributed by atoms with Gasteiger partial charge in [-0.2, -0.15) is 0 Å². The van der Waals surface area contributed by atoms with Crippen LogP contribution in [0.1, 0.15) is 23.1 Å². The molecule has 27 heavy (non-hydrogen) atoms. The number of rotatable bonds is 3. The average molecular weight is 369 g/mol. The highest BCUT2D eigenvalue weighted by Gasteiger charge is 2.18. The van der Waals surface area contributed by atoms with Gasteiger partial charge in [-0.25, -0.2) is 19.3 Å². The van der Waals surface area contributed by atoms with Gasteiger partial charge < -0.3 is 19.9 Å². The van der Waals surface area contributed by atoms with Gasteiger partial charge in [-0.15, -0.1) is 0 Å². The van der Waals surface area contributed by atoms with Crippen LogP contribution in [0.5, 0.6) is 0 Å². The van der Waals surface area contributed by atoms with E-state index < -0.39 is 11.7 Å². The van der Waals surface area contributed by atoms with Crippen molar-refractivity contribution < 1.29 is 9.18 Å². The van der Waals surface area contributed by atoms with Gasteiger partial charge in [-0.05, 0) is 13.8 Å². The van der Waals surface area contributed by atoms with Gasteiger partial charge in [0.1, 0.15) is 11.5 Å². The first-order chi connectivity index (χ1) is 13.0. The van der Waals surface area contributed by atoms with Crippen LogP contribution in [0.25, 0.3) is 5.65 Å². The number of piperazine rings is 1. The number of nitrogens with one attached hydrogen (secondary N) is 2. The highest BCUT2D eigenvalue weighted by molar-refractivity contribution is 6.02. The molecule has 2 N–H and O–H groups in total. The maximum Gasteiger partial charge on any atom is 0.275 e. The average Bonchev–Trinajstić information content (AvgIpc) is 3.03. The van der Waals surface area contributed by atoms with Crippen LogP contribution in [0.3, 0.4) is 0 Å². The van der Waals surface area contributed by atoms with Crippen LogP contribution in [0.4, 0.5) is 15.9 Å². The number of nitrogens with zero attached hydrogens (tertiary/aromatic N) is 5. The molecule has 4 rings (SSSR count). The van der Waals surface area contributed by atoms with Crippen molar-refractivity contribution in [1.82, 2.24) is 24.7 Å². The van der Waals surface area contributed by atoms with Crippen molar-refractivity contribution in [2.24, 2.45) is 0 Å². The summed E-state index contributed by atoms with van der Waals surface area (Å²) in [7, 11) is 0. The molecule has 8 nitrogen and oxygen atoms in total. The first kappa shape index (κ1) is 17.3. The lowest BCUT2D eigenvalue weighted by Gasteiger charge is -2.32. The Morgan fingerprint density at radius 2 is 2.19 bits per heavy atom. The highest BCUT2D eigenvalue weighted by atomic mass is 19.1. The number of hydrogen-bond donors (Lipinski definition) is 2. The number of anilines is 2. The normalized spacial score (nSPS) is 17.3. The molecule has 3 aromatic heterocycles. The molecule has 1 unspecified atom stereocenters. The van der Waals surface area contributed by atoms with Gasteiger partial charge >= 0.3 is 0 Å². The van der Waals surface area contributed by atoms with E-state index in [9.17, 15) is 9.18 Å². The summed E-state index contributed by atoms with van der Waals surface area (Å²) < 4.78 is 15.7. The van der Waals surface area contributed by atoms with Gasteiger partial charge in [0.2, 0.25) is 0 Å². The van der Waals surface area contributed by atoms with E-state index in [1.165, 1.54) is 12.3 Å². The van der Waals surface area contributed by atoms with E-state index in [1.807, 2.05) is 0 Å². The third-order valence-electron chi connectivity index (χ3n) is 4.45. The predicted octanol–water partition coefficient (Wildman–Crippen LogP) is 1.62. The third-order valence-corrected chi connectivity index (χ3v) is 4.45. The molecule has 1 atom stereocenters. The summed E-state index contributed by atoms with van der Waals surface area (Å²) in [6, 6.07) is 1.61. The van der Waals surface area contributed by atoms with Crippen LogP contribution in [-0.4, -0.2) is 50.9 Å². The Kier molecular flexibility index (Phi) is 4.44. The van der Waals surface area contributed by atoms with Crippen molar-refractivity contribution in [2.45, 2.75) is 19.9 Å². The number of aromatic nitrogens is 4. The monoisotopic (exact) mass is 369 g/mol. The zero-order valence-electron chi connectivity index (χ0n) is 15.1. The minimum absolute atomic E-state index is 0.171. The second-order valence-corrected chi connectivity index (χ2v) is 6.71. The number of halogens is 1. The quantitative estimate of drug-likeness (QED) is 0.730. The standard InChI is InChI=1S/C18H20FN7O/c1-11-8-25(4-3-20-11)16-7-21-15(6-22-16)18(27)24-13-5-14(19)17-23-12(2)9-26(17)10-13/h5-7,9-11,20H,3-4,8H2,1-2H3,(H,24,27). The Morgan fingerprint density at radius 1 is 1.33 bits per heavy atom. The Morgan fingerprint density at radius 3 is 2.93 bits per heavy atom. The van der Waals surface area contributed by atoms with E-state index in [-0.39, 0.29) is 11.3 Å². The Labute approximate surface area is 155 Å². The lowest BCUT2D eigenvalue weighted by molar-refractivity contribution is 0.102. The number of imidazole rings is 1. The topological polar surface area (TPSA) is 87.5 Å². The summed E-state index contributed by atoms with van der Waals surface area (Å²) in [5.41, 5.74) is 1.41. The Hall–Kier alpha value is -3.07. The predicted molar refractivity (Wildman–Crippen MR) is 99.5 cm³/mol. The van der Waals surface area contributed by atoms with Gasteiger partial charge in [-0.1, -0.05) is 0 Å². The van der Waals surface area contributed by atoms with Crippen molar-refractivity contribution in [3.63, 3.8) is 0 Å². The molecule has 1 fully saturated rings. The van der Waals surface area contributed by atoms with Crippen LogP contribution in [-0.2, 0) is 0 Å². The highest BCUT2D eigenvalue weighted by Crippen LogP contribution is 2.17. The molecule has 9 heteroatoms. The molecule has 0 spiro atoms. The van der Waals surface area contributed by atoms with E-state index >= 15 is 0 Å². The van der Waals surface area contributed by atoms with Gasteiger partial charge in [0, 0.05) is 44.1 Å². The zero-order chi connectivity index (χ0) is 19.0. The van der Waals surface area contributed by atoms with Crippen LogP contribution in [0.2, 0.25) is 0 Å². The molecule has 0 aromatic carbocycles. The first-order valence-corrected chi connectivity index (χ1v) is 8.76. The minimum Gasteiger partial charge on any atom is -0.353 e. The minimum atomic E-state index is -0.504. The molecule has 4 heterocycles. The van der Waals surface area contributed by atoms with Crippen LogP contribution < -0.4 is 15.5 Å². The van der Waals surface area contributed by atoms with Gasteiger partial charge in [-0.3, -0.25) is 4.79 Å². The number of pyridine rings is 1. The third kappa shape index (κ3) is 3.59. The summed E-state index contributed by atoms with van der Waals surface area (Å²) in [4.78, 5) is 27.2. The number of carbonyl (C=O) groups is 1. The molecule has 3 aromatic rings. The molecular weight excluding hydrogens is 349 g/mol. The number of amides is 1. The molecule has 1 saturated heterocycles. The zero-order valence-corrected chi connectivity index (χ0v) is 15.1. The van der Waals surface area contributed by atoms with E-state index in [0.717, 1.165) is 25.5 Å². The smallest absolute Gasteiger partial charge is 0.275 e. The van der Waals surface area contributed by atoms with E-state index in [2.05, 4.69) is 37.4 Å². The maximum atomic E-state index is 14.1. The van der Waals surface area contributed by atoms with Gasteiger partial charge in [0.25, 0.3) is 5.91 Å². The lowest BCUT2D eigenvalue weighted by Crippen LogP contribution is -2.49. The number of aryl methyl sites for hydroxylation is 1. The summed E-state index contributed by atoms with van der Waals surface area (Å²) in [6.07, 6.45) is 6.33. The van der Waals surface area contributed by atoms with Gasteiger partial charge in [0.15, 0.2) is 11.5 Å². The number of carbonyl (C=O) groups excluding carboxylic acids is 1. The summed E-state index contributed by atoms with van der Waals surface area (Å²) in [5, 5.41) is 6.02. The Bertz CT molecular complexity index is 985. The fraction of sp³-hybridized carbons (Fsp3) is 0.333. The molecule has 140 valence electrons. The maximum absolute atomic E-state index is 14.1. The summed E-state index contributed by atoms with van der Waals surface area (Å²) >= 11 is 0. The molecule has 0 aliphatic carbocycles. The van der Waals surface area contributed by atoms with Crippen LogP contribution >= 0.6 is 0 Å². The lowest BCUT2D eigenvalue weighted by atomic mass is 10.2. The molecule has 1 amide bonds. The van der Waals surface area contributed by atoms with E-state index in [1.54, 1.807) is 29.9 Å². The molecule has 0 bridgehead atoms. The number of fused-ring (bicyclic) bond motifs is 1. The number of hydrogen-bond acceptors (Lipinski definition) is 6. The fourth-order valence-corrected chi connectivity index (χ4v) is 3.19. The molecule has 1 aliphatic rings. The molecule has 1 aliphatic heterocycles. The van der Waals surface area contributed by atoms with E-state index in [0.29, 0.717) is 17.4 Å². The summed E-state index contributed by atoms with van der Waals surface area (Å²) in [5.74, 6) is -0.213. The SMILES string of the molecule is Cc1cn2cc(NC(=O)c3cnc(N4CCNC(C)C4)cn3)cc(F)c2n1. The molecule has 0 saturated carbocycles. The van der Waals surface area contributed by atoms with Crippen molar-refractivity contribution >= 4 is 23.1 Å². The van der Waals surface area contributed by atoms with Crippen LogP contribution in [0, 0.1) is 12.7 Å². The van der Waals surface area contributed by atoms with Crippen molar-refractivity contribution in [2.75, 3.05) is 29.9 Å². The van der Waals surface area contributed by atoms with Crippen molar-refractivity contribution in [3.05, 3.63) is 48.1 Å². The largest absolute Gasteiger partial charge is 0.353 e. The van der Waals surface area contributed by atoms with Crippen molar-refractivity contribution in [3.8, 4) is 0 Å². The van der Waals surface area contributed by atoms with Crippen molar-refractivity contribution in [1.29, 1.82) is 0 Å². The molecule has 0 radical (unpaired) electrons. The Balaban J connectivity index is 1.49. The van der Waals surface area contributed by atoms with E-state index in [4.69, 9.17) is 0 Å². The summed E-state index contributed by atoms with van der Waals surface area (Å²) in [6.45, 7) is 6.45. The fourth-order valence-electron chi connectivity index (χ4n) is 3.19. The second-order valence-electron chi connectivity index (χ2n) is 6.71. The van der Waals surface area contributed by atoms with Crippen LogP contribution in [0.15, 0.2) is 30.9 Å². The van der Waals surface area contributed by atoms with Gasteiger partial charge in [0.05, 0.1) is 23.8 Å².